The number of carboxylic acid groups (broad SMARTS) is 1. The first-order valence-corrected chi connectivity index (χ1v) is 14.9. The zero-order valence-corrected chi connectivity index (χ0v) is 22.6. The van der Waals surface area contributed by atoms with E-state index in [1.54, 1.807) is 0 Å². The summed E-state index contributed by atoms with van der Waals surface area (Å²) in [5.74, 6) is 1.19. The molecular formula is C28H36N2O5Si. The highest BCUT2D eigenvalue weighted by molar-refractivity contribution is 6.87. The predicted molar refractivity (Wildman–Crippen MR) is 143 cm³/mol. The maximum atomic E-state index is 13.1. The third-order valence-electron chi connectivity index (χ3n) is 6.30. The van der Waals surface area contributed by atoms with Crippen LogP contribution in [0.1, 0.15) is 38.3 Å². The van der Waals surface area contributed by atoms with Gasteiger partial charge in [-0.1, -0.05) is 94.5 Å². The molecule has 0 fully saturated rings. The molecule has 0 aliphatic rings. The van der Waals surface area contributed by atoms with Gasteiger partial charge in [0, 0.05) is 12.8 Å². The third kappa shape index (κ3) is 9.23. The van der Waals surface area contributed by atoms with Gasteiger partial charge < -0.3 is 20.5 Å². The van der Waals surface area contributed by atoms with E-state index in [-0.39, 0.29) is 24.5 Å². The number of amides is 2. The Bertz CT molecular complexity index is 1090. The van der Waals surface area contributed by atoms with Crippen LogP contribution in [0, 0.1) is 11.5 Å². The molecule has 2 aromatic carbocycles. The summed E-state index contributed by atoms with van der Waals surface area (Å²) in [6.45, 7) is 10.7. The van der Waals surface area contributed by atoms with Crippen LogP contribution < -0.4 is 10.6 Å². The van der Waals surface area contributed by atoms with Gasteiger partial charge in [-0.25, -0.2) is 9.59 Å². The van der Waals surface area contributed by atoms with Gasteiger partial charge in [0.1, 0.15) is 26.8 Å². The van der Waals surface area contributed by atoms with E-state index in [0.29, 0.717) is 0 Å². The minimum absolute atomic E-state index is 0.0237. The molecule has 0 saturated carbocycles. The molecule has 36 heavy (non-hydrogen) atoms. The fourth-order valence-corrected chi connectivity index (χ4v) is 3.92. The summed E-state index contributed by atoms with van der Waals surface area (Å²) in [5, 5.41) is 14.9. The summed E-state index contributed by atoms with van der Waals surface area (Å²) in [4.78, 5) is 37.4. The molecule has 2 amide bonds. The number of alkyl carbamates (subject to hydrolysis) is 1. The monoisotopic (exact) mass is 508 g/mol. The Hall–Kier alpha value is -3.57. The largest absolute Gasteiger partial charge is 0.480 e. The highest BCUT2D eigenvalue weighted by Crippen LogP contribution is 2.35. The summed E-state index contributed by atoms with van der Waals surface area (Å²) in [6, 6.07) is 16.1. The topological polar surface area (TPSA) is 105 Å². The van der Waals surface area contributed by atoms with Gasteiger partial charge in [0.25, 0.3) is 0 Å². The van der Waals surface area contributed by atoms with Crippen molar-refractivity contribution in [3.63, 3.8) is 0 Å². The minimum atomic E-state index is -1.92. The number of hydrogen-bond acceptors (Lipinski definition) is 4. The Kier molecular flexibility index (Phi) is 10.3. The lowest BCUT2D eigenvalue weighted by atomic mass is 10.0. The van der Waals surface area contributed by atoms with Crippen molar-refractivity contribution in [3.05, 3.63) is 71.8 Å². The number of carboxylic acids is 1. The number of nitrogens with one attached hydrogen (secondary N) is 2. The van der Waals surface area contributed by atoms with Gasteiger partial charge in [0.05, 0.1) is 0 Å². The predicted octanol–water partition coefficient (Wildman–Crippen LogP) is 4.53. The Morgan fingerprint density at radius 2 is 1.47 bits per heavy atom. The van der Waals surface area contributed by atoms with Gasteiger partial charge >= 0.3 is 12.1 Å². The first kappa shape index (κ1) is 28.7. The average molecular weight is 509 g/mol. The minimum Gasteiger partial charge on any atom is -0.480 e. The standard InChI is InChI=1S/C28H36N2O5Si/c1-28(2,3)36(4,5)18-12-17-23(26(32)33)29-25(31)24(19-21-13-8-6-9-14-21)30-27(34)35-20-22-15-10-7-11-16-22/h6-11,13-16,23-24H,17,19-20H2,1-5H3,(H,29,31)(H,30,34)(H,32,33)/t23-,24+/m1/s1. The van der Waals surface area contributed by atoms with Crippen LogP contribution in [0.4, 0.5) is 4.79 Å². The van der Waals surface area contributed by atoms with Gasteiger partial charge in [-0.15, -0.1) is 11.5 Å². The van der Waals surface area contributed by atoms with Gasteiger partial charge in [-0.2, -0.15) is 0 Å². The van der Waals surface area contributed by atoms with E-state index in [9.17, 15) is 19.5 Å². The Morgan fingerprint density at radius 1 is 0.917 bits per heavy atom. The Balaban J connectivity index is 2.11. The Morgan fingerprint density at radius 3 is 2.00 bits per heavy atom. The number of aliphatic carboxylic acids is 1. The Labute approximate surface area is 214 Å². The molecule has 3 N–H and O–H groups in total. The van der Waals surface area contributed by atoms with Crippen molar-refractivity contribution >= 4 is 26.0 Å². The van der Waals surface area contributed by atoms with E-state index < -0.39 is 38.1 Å². The van der Waals surface area contributed by atoms with Crippen molar-refractivity contribution in [1.82, 2.24) is 10.6 Å². The molecule has 0 aliphatic heterocycles. The molecule has 0 radical (unpaired) electrons. The average Bonchev–Trinajstić information content (AvgIpc) is 2.82. The smallest absolute Gasteiger partial charge is 0.408 e. The van der Waals surface area contributed by atoms with Crippen molar-refractivity contribution < 1.29 is 24.2 Å². The van der Waals surface area contributed by atoms with Crippen LogP contribution in [0.5, 0.6) is 0 Å². The molecule has 0 heterocycles. The van der Waals surface area contributed by atoms with Crippen molar-refractivity contribution in [1.29, 1.82) is 0 Å². The lowest BCUT2D eigenvalue weighted by Crippen LogP contribution is -2.52. The second-order valence-electron chi connectivity index (χ2n) is 10.2. The van der Waals surface area contributed by atoms with Crippen molar-refractivity contribution in [3.8, 4) is 11.5 Å². The van der Waals surface area contributed by atoms with Crippen LogP contribution in [-0.4, -0.2) is 43.2 Å². The fourth-order valence-electron chi connectivity index (χ4n) is 3.00. The molecule has 2 rings (SSSR count). The van der Waals surface area contributed by atoms with E-state index in [1.807, 2.05) is 60.7 Å². The SMILES string of the molecule is CC(C)(C)[Si](C)(C)C#CC[C@@H](NC(=O)[C@H](Cc1ccccc1)NC(=O)OCc1ccccc1)C(=O)O. The van der Waals surface area contributed by atoms with Crippen LogP contribution in [0.3, 0.4) is 0 Å². The number of benzene rings is 2. The number of carbonyl (C=O) groups excluding carboxylic acids is 2. The van der Waals surface area contributed by atoms with Crippen molar-refractivity contribution in [2.75, 3.05) is 0 Å². The summed E-state index contributed by atoms with van der Waals surface area (Å²) in [6.07, 6.45) is -0.612. The molecule has 192 valence electrons. The fraction of sp³-hybridized carbons (Fsp3) is 0.393. The van der Waals surface area contributed by atoms with E-state index in [1.165, 1.54) is 0 Å². The molecule has 7 nitrogen and oxygen atoms in total. The summed E-state index contributed by atoms with van der Waals surface area (Å²) >= 11 is 0. The molecule has 2 aromatic rings. The van der Waals surface area contributed by atoms with Crippen LogP contribution >= 0.6 is 0 Å². The lowest BCUT2D eigenvalue weighted by Gasteiger charge is -2.31. The van der Waals surface area contributed by atoms with Gasteiger partial charge in [-0.3, -0.25) is 4.79 Å². The van der Waals surface area contributed by atoms with E-state index >= 15 is 0 Å². The van der Waals surface area contributed by atoms with Crippen LogP contribution in [0.2, 0.25) is 18.1 Å². The maximum absolute atomic E-state index is 13.1. The molecule has 0 spiro atoms. The van der Waals surface area contributed by atoms with Crippen molar-refractivity contribution in [2.24, 2.45) is 0 Å². The van der Waals surface area contributed by atoms with E-state index in [4.69, 9.17) is 4.74 Å². The molecular weight excluding hydrogens is 472 g/mol. The molecule has 2 atom stereocenters. The third-order valence-corrected chi connectivity index (χ3v) is 10.9. The molecule has 0 bridgehead atoms. The highest BCUT2D eigenvalue weighted by Gasteiger charge is 2.34. The lowest BCUT2D eigenvalue weighted by molar-refractivity contribution is -0.141. The summed E-state index contributed by atoms with van der Waals surface area (Å²) < 4.78 is 5.27. The number of carbonyl (C=O) groups is 3. The van der Waals surface area contributed by atoms with Crippen molar-refractivity contribution in [2.45, 2.75) is 70.4 Å². The van der Waals surface area contributed by atoms with Gasteiger partial charge in [0.2, 0.25) is 5.91 Å². The van der Waals surface area contributed by atoms with Gasteiger partial charge in [-0.05, 0) is 16.2 Å². The quantitative estimate of drug-likeness (QED) is 0.341. The normalized spacial score (nSPS) is 12.9. The van der Waals surface area contributed by atoms with Crippen LogP contribution in [-0.2, 0) is 27.4 Å². The van der Waals surface area contributed by atoms with Crippen LogP contribution in [0.25, 0.3) is 0 Å². The molecule has 0 aliphatic carbocycles. The second kappa shape index (κ2) is 12.9. The second-order valence-corrected chi connectivity index (χ2v) is 15.2. The molecule has 0 saturated heterocycles. The maximum Gasteiger partial charge on any atom is 0.408 e. The number of rotatable bonds is 9. The zero-order chi connectivity index (χ0) is 26.8. The first-order valence-electron chi connectivity index (χ1n) is 11.9. The highest BCUT2D eigenvalue weighted by atomic mass is 28.3. The summed E-state index contributed by atoms with van der Waals surface area (Å²) in [7, 11) is -1.92. The number of hydrogen-bond donors (Lipinski definition) is 3. The molecule has 8 heteroatoms. The summed E-state index contributed by atoms with van der Waals surface area (Å²) in [5.41, 5.74) is 4.89. The zero-order valence-electron chi connectivity index (χ0n) is 21.6. The van der Waals surface area contributed by atoms with E-state index in [2.05, 4.69) is 56.0 Å². The van der Waals surface area contributed by atoms with Crippen LogP contribution in [0.15, 0.2) is 60.7 Å². The number of ether oxygens (including phenoxy) is 1. The first-order chi connectivity index (χ1) is 16.9. The van der Waals surface area contributed by atoms with E-state index in [0.717, 1.165) is 11.1 Å². The molecule has 0 unspecified atom stereocenters. The molecule has 0 aromatic heterocycles. The van der Waals surface area contributed by atoms with Gasteiger partial charge in [0.15, 0.2) is 0 Å².